The number of hydrogen-bond donors (Lipinski definition) is 1. The van der Waals surface area contributed by atoms with E-state index in [1.54, 1.807) is 38.0 Å². The van der Waals surface area contributed by atoms with E-state index in [0.717, 1.165) is 5.56 Å². The van der Waals surface area contributed by atoms with Gasteiger partial charge < -0.3 is 15.0 Å². The van der Waals surface area contributed by atoms with Gasteiger partial charge in [-0.1, -0.05) is 56.3 Å². The lowest BCUT2D eigenvalue weighted by Crippen LogP contribution is -2.45. The number of methoxy groups -OCH3 is 1. The summed E-state index contributed by atoms with van der Waals surface area (Å²) in [7, 11) is 1.56. The molecular weight excluding hydrogens is 359 g/mol. The van der Waals surface area contributed by atoms with Gasteiger partial charge in [0.05, 0.1) is 6.61 Å². The van der Waals surface area contributed by atoms with Crippen LogP contribution in [0.4, 0.5) is 4.39 Å². The zero-order valence-corrected chi connectivity index (χ0v) is 16.5. The quantitative estimate of drug-likeness (QED) is 0.673. The third-order valence-corrected chi connectivity index (χ3v) is 4.32. The number of ether oxygens (including phenoxy) is 1. The van der Waals surface area contributed by atoms with Gasteiger partial charge in [0.25, 0.3) is 0 Å². The molecule has 28 heavy (non-hydrogen) atoms. The van der Waals surface area contributed by atoms with Crippen LogP contribution in [0.1, 0.15) is 31.0 Å². The van der Waals surface area contributed by atoms with Crippen LogP contribution in [0.2, 0.25) is 0 Å². The molecule has 0 aliphatic heterocycles. The summed E-state index contributed by atoms with van der Waals surface area (Å²) in [6.45, 7) is 4.52. The highest BCUT2D eigenvalue weighted by molar-refractivity contribution is 5.89. The van der Waals surface area contributed by atoms with Gasteiger partial charge in [-0.3, -0.25) is 9.59 Å². The summed E-state index contributed by atoms with van der Waals surface area (Å²) in [5.74, 6) is -1.07. The van der Waals surface area contributed by atoms with Gasteiger partial charge in [0, 0.05) is 26.1 Å². The number of rotatable bonds is 9. The van der Waals surface area contributed by atoms with Crippen molar-refractivity contribution >= 4 is 11.8 Å². The van der Waals surface area contributed by atoms with E-state index in [0.29, 0.717) is 18.7 Å². The van der Waals surface area contributed by atoms with Crippen LogP contribution in [0.5, 0.6) is 0 Å². The maximum absolute atomic E-state index is 13.3. The van der Waals surface area contributed by atoms with E-state index in [-0.39, 0.29) is 30.1 Å². The number of benzene rings is 2. The predicted molar refractivity (Wildman–Crippen MR) is 106 cm³/mol. The highest BCUT2D eigenvalue weighted by Crippen LogP contribution is 2.25. The SMILES string of the molecule is COCCNC(=O)[C@@H](c1ccccc1)N(Cc1ccc(F)cc1)C(=O)C(C)C. The standard InChI is InChI=1S/C22H27FN2O3/c1-16(2)22(27)25(15-17-9-11-19(23)12-10-17)20(18-7-5-4-6-8-18)21(26)24-13-14-28-3/h4-12,16,20H,13-15H2,1-3H3,(H,24,26)/t20-/m1/s1. The van der Waals surface area contributed by atoms with Crippen molar-refractivity contribution in [2.75, 3.05) is 20.3 Å². The second-order valence-corrected chi connectivity index (χ2v) is 6.84. The summed E-state index contributed by atoms with van der Waals surface area (Å²) < 4.78 is 18.3. The lowest BCUT2D eigenvalue weighted by Gasteiger charge is -2.33. The molecule has 0 radical (unpaired) electrons. The van der Waals surface area contributed by atoms with Gasteiger partial charge in [0.15, 0.2) is 0 Å². The zero-order chi connectivity index (χ0) is 20.5. The van der Waals surface area contributed by atoms with Crippen molar-refractivity contribution in [3.63, 3.8) is 0 Å². The fourth-order valence-corrected chi connectivity index (χ4v) is 2.90. The molecule has 0 fully saturated rings. The molecule has 0 heterocycles. The number of nitrogens with zero attached hydrogens (tertiary/aromatic N) is 1. The molecule has 5 nitrogen and oxygen atoms in total. The first kappa shape index (κ1) is 21.6. The number of amides is 2. The minimum absolute atomic E-state index is 0.153. The number of carbonyl (C=O) groups excluding carboxylic acids is 2. The van der Waals surface area contributed by atoms with Crippen LogP contribution < -0.4 is 5.32 Å². The maximum atomic E-state index is 13.3. The molecule has 2 aromatic rings. The summed E-state index contributed by atoms with van der Waals surface area (Å²) in [5, 5.41) is 2.83. The van der Waals surface area contributed by atoms with Crippen molar-refractivity contribution in [1.82, 2.24) is 10.2 Å². The second kappa shape index (κ2) is 10.6. The second-order valence-electron chi connectivity index (χ2n) is 6.84. The summed E-state index contributed by atoms with van der Waals surface area (Å²) >= 11 is 0. The molecule has 0 aliphatic carbocycles. The first-order chi connectivity index (χ1) is 13.4. The molecule has 1 N–H and O–H groups in total. The Kier molecular flexibility index (Phi) is 8.14. The van der Waals surface area contributed by atoms with E-state index in [9.17, 15) is 14.0 Å². The van der Waals surface area contributed by atoms with Crippen molar-refractivity contribution in [3.05, 3.63) is 71.5 Å². The molecule has 2 rings (SSSR count). The maximum Gasteiger partial charge on any atom is 0.247 e. The Hall–Kier alpha value is -2.73. The van der Waals surface area contributed by atoms with Crippen LogP contribution in [0, 0.1) is 11.7 Å². The van der Waals surface area contributed by atoms with E-state index < -0.39 is 6.04 Å². The monoisotopic (exact) mass is 386 g/mol. The van der Waals surface area contributed by atoms with E-state index in [1.165, 1.54) is 12.1 Å². The Labute approximate surface area is 165 Å². The van der Waals surface area contributed by atoms with Gasteiger partial charge in [-0.25, -0.2) is 4.39 Å². The van der Waals surface area contributed by atoms with Gasteiger partial charge in [0.2, 0.25) is 11.8 Å². The first-order valence-corrected chi connectivity index (χ1v) is 9.30. The van der Waals surface area contributed by atoms with Crippen LogP contribution in [0.25, 0.3) is 0 Å². The lowest BCUT2D eigenvalue weighted by atomic mass is 10.0. The fourth-order valence-electron chi connectivity index (χ4n) is 2.90. The molecule has 0 saturated carbocycles. The Morgan fingerprint density at radius 2 is 1.71 bits per heavy atom. The summed E-state index contributed by atoms with van der Waals surface area (Å²) in [4.78, 5) is 27.6. The van der Waals surface area contributed by atoms with E-state index in [1.807, 2.05) is 30.3 Å². The van der Waals surface area contributed by atoms with E-state index >= 15 is 0 Å². The molecule has 6 heteroatoms. The minimum Gasteiger partial charge on any atom is -0.383 e. The summed E-state index contributed by atoms with van der Waals surface area (Å²) in [5.41, 5.74) is 1.47. The zero-order valence-electron chi connectivity index (χ0n) is 16.5. The van der Waals surface area contributed by atoms with Crippen molar-refractivity contribution < 1.29 is 18.7 Å². The Bertz CT molecular complexity index is 763. The average Bonchev–Trinajstić information content (AvgIpc) is 2.69. The van der Waals surface area contributed by atoms with Crippen molar-refractivity contribution in [2.24, 2.45) is 5.92 Å². The molecular formula is C22H27FN2O3. The van der Waals surface area contributed by atoms with Gasteiger partial charge in [-0.05, 0) is 23.3 Å². The summed E-state index contributed by atoms with van der Waals surface area (Å²) in [6, 6.07) is 14.3. The molecule has 0 spiro atoms. The molecule has 0 aliphatic rings. The van der Waals surface area contributed by atoms with E-state index in [2.05, 4.69) is 5.32 Å². The molecule has 1 atom stereocenters. The van der Waals surface area contributed by atoms with Gasteiger partial charge in [0.1, 0.15) is 11.9 Å². The van der Waals surface area contributed by atoms with Gasteiger partial charge in [-0.2, -0.15) is 0 Å². The van der Waals surface area contributed by atoms with Crippen molar-refractivity contribution in [2.45, 2.75) is 26.4 Å². The number of nitrogens with one attached hydrogen (secondary N) is 1. The minimum atomic E-state index is -0.794. The van der Waals surface area contributed by atoms with E-state index in [4.69, 9.17) is 4.74 Å². The third-order valence-electron chi connectivity index (χ3n) is 4.32. The number of carbonyl (C=O) groups is 2. The summed E-state index contributed by atoms with van der Waals surface area (Å²) in [6.07, 6.45) is 0. The van der Waals surface area contributed by atoms with Crippen molar-refractivity contribution in [1.29, 1.82) is 0 Å². The van der Waals surface area contributed by atoms with Crippen LogP contribution in [0.15, 0.2) is 54.6 Å². The van der Waals surface area contributed by atoms with Crippen molar-refractivity contribution in [3.8, 4) is 0 Å². The first-order valence-electron chi connectivity index (χ1n) is 9.30. The highest BCUT2D eigenvalue weighted by atomic mass is 19.1. The molecule has 0 unspecified atom stereocenters. The number of hydrogen-bond acceptors (Lipinski definition) is 3. The Morgan fingerprint density at radius 3 is 2.29 bits per heavy atom. The average molecular weight is 386 g/mol. The third kappa shape index (κ3) is 5.89. The van der Waals surface area contributed by atoms with Gasteiger partial charge >= 0.3 is 0 Å². The molecule has 2 amide bonds. The largest absolute Gasteiger partial charge is 0.383 e. The number of halogens is 1. The molecule has 150 valence electrons. The normalized spacial score (nSPS) is 11.9. The smallest absolute Gasteiger partial charge is 0.247 e. The molecule has 0 aromatic heterocycles. The van der Waals surface area contributed by atoms with Crippen LogP contribution in [-0.2, 0) is 20.9 Å². The van der Waals surface area contributed by atoms with Crippen LogP contribution in [-0.4, -0.2) is 37.0 Å². The topological polar surface area (TPSA) is 58.6 Å². The highest BCUT2D eigenvalue weighted by Gasteiger charge is 2.32. The molecule has 2 aromatic carbocycles. The van der Waals surface area contributed by atoms with Crippen LogP contribution in [0.3, 0.4) is 0 Å². The Morgan fingerprint density at radius 1 is 1.07 bits per heavy atom. The Balaban J connectivity index is 2.39. The van der Waals surface area contributed by atoms with Gasteiger partial charge in [-0.15, -0.1) is 0 Å². The fraction of sp³-hybridized carbons (Fsp3) is 0.364. The molecule has 0 saturated heterocycles. The molecule has 0 bridgehead atoms. The van der Waals surface area contributed by atoms with Crippen LogP contribution >= 0.6 is 0 Å². The lowest BCUT2D eigenvalue weighted by molar-refractivity contribution is -0.144. The predicted octanol–water partition coefficient (Wildman–Crippen LogP) is 3.31.